The van der Waals surface area contributed by atoms with Crippen LogP contribution in [0.5, 0.6) is 0 Å². The second kappa shape index (κ2) is 5.54. The maximum absolute atomic E-state index is 12.2. The number of rotatable bonds is 5. The lowest BCUT2D eigenvalue weighted by Gasteiger charge is -2.24. The molecule has 20 heavy (non-hydrogen) atoms. The largest absolute Gasteiger partial charge is 0.350 e. The Kier molecular flexibility index (Phi) is 3.76. The quantitative estimate of drug-likeness (QED) is 0.854. The Hall–Kier alpha value is -1.39. The van der Waals surface area contributed by atoms with E-state index in [-0.39, 0.29) is 5.91 Å². The third kappa shape index (κ3) is 2.86. The third-order valence-corrected chi connectivity index (χ3v) is 4.48. The van der Waals surface area contributed by atoms with Crippen molar-refractivity contribution >= 4 is 5.91 Å². The van der Waals surface area contributed by atoms with Gasteiger partial charge in [0.25, 0.3) is 5.91 Å². The topological polar surface area (TPSA) is 44.4 Å². The number of amides is 1. The molecule has 108 valence electrons. The summed E-state index contributed by atoms with van der Waals surface area (Å²) in [7, 11) is 2.15. The van der Waals surface area contributed by atoms with Gasteiger partial charge in [-0.3, -0.25) is 9.69 Å². The van der Waals surface area contributed by atoms with E-state index in [4.69, 9.17) is 0 Å². The molecule has 4 heteroatoms. The second-order valence-electron chi connectivity index (χ2n) is 6.04. The van der Waals surface area contributed by atoms with Crippen LogP contribution in [-0.4, -0.2) is 36.5 Å². The molecule has 1 aliphatic carbocycles. The van der Waals surface area contributed by atoms with Crippen LogP contribution in [0.1, 0.15) is 41.3 Å². The van der Waals surface area contributed by atoms with E-state index >= 15 is 0 Å². The Morgan fingerprint density at radius 2 is 2.15 bits per heavy atom. The second-order valence-corrected chi connectivity index (χ2v) is 6.04. The summed E-state index contributed by atoms with van der Waals surface area (Å²) in [6.07, 6.45) is 2.60. The van der Waals surface area contributed by atoms with Gasteiger partial charge in [0.15, 0.2) is 0 Å². The molecule has 2 N–H and O–H groups in total. The van der Waals surface area contributed by atoms with Gasteiger partial charge in [-0.05, 0) is 50.1 Å². The summed E-state index contributed by atoms with van der Waals surface area (Å²) in [5.74, 6) is 0.0377. The van der Waals surface area contributed by atoms with Crippen LogP contribution in [0.2, 0.25) is 0 Å². The monoisotopic (exact) mass is 273 g/mol. The van der Waals surface area contributed by atoms with Gasteiger partial charge in [0, 0.05) is 37.3 Å². The minimum absolute atomic E-state index is 0.0377. The molecule has 1 fully saturated rings. The molecule has 1 heterocycles. The molecule has 1 saturated carbocycles. The van der Waals surface area contributed by atoms with Crippen molar-refractivity contribution in [3.8, 4) is 0 Å². The number of benzene rings is 1. The molecular formula is C16H23N3O. The molecule has 1 atom stereocenters. The molecule has 2 aliphatic rings. The molecule has 0 spiro atoms. The van der Waals surface area contributed by atoms with Gasteiger partial charge in [0.1, 0.15) is 0 Å². The maximum atomic E-state index is 12.2. The fourth-order valence-corrected chi connectivity index (χ4v) is 2.76. The molecule has 0 bridgehead atoms. The SMILES string of the molecule is CC(CNC(=O)c1ccc2c(c1)CNC2)N(C)C1CC1. The fourth-order valence-electron chi connectivity index (χ4n) is 2.76. The molecule has 0 radical (unpaired) electrons. The van der Waals surface area contributed by atoms with Crippen molar-refractivity contribution in [2.75, 3.05) is 13.6 Å². The summed E-state index contributed by atoms with van der Waals surface area (Å²) in [4.78, 5) is 14.6. The summed E-state index contributed by atoms with van der Waals surface area (Å²) >= 11 is 0. The van der Waals surface area contributed by atoms with Crippen LogP contribution in [0.3, 0.4) is 0 Å². The van der Waals surface area contributed by atoms with E-state index in [0.717, 1.165) is 24.7 Å². The number of carbonyl (C=O) groups is 1. The van der Waals surface area contributed by atoms with Crippen molar-refractivity contribution in [2.45, 2.75) is 44.9 Å². The minimum Gasteiger partial charge on any atom is -0.350 e. The van der Waals surface area contributed by atoms with Crippen LogP contribution in [-0.2, 0) is 13.1 Å². The van der Waals surface area contributed by atoms with E-state index in [9.17, 15) is 4.79 Å². The van der Waals surface area contributed by atoms with Crippen LogP contribution >= 0.6 is 0 Å². The summed E-state index contributed by atoms with van der Waals surface area (Å²) in [5, 5.41) is 6.35. The zero-order valence-electron chi connectivity index (χ0n) is 12.3. The smallest absolute Gasteiger partial charge is 0.251 e. The Morgan fingerprint density at radius 1 is 1.40 bits per heavy atom. The molecule has 1 unspecified atom stereocenters. The highest BCUT2D eigenvalue weighted by molar-refractivity contribution is 5.94. The van der Waals surface area contributed by atoms with E-state index in [1.165, 1.54) is 24.0 Å². The first-order valence-corrected chi connectivity index (χ1v) is 7.48. The molecule has 1 aliphatic heterocycles. The average molecular weight is 273 g/mol. The summed E-state index contributed by atoms with van der Waals surface area (Å²) in [6.45, 7) is 4.67. The number of hydrogen-bond donors (Lipinski definition) is 2. The van der Waals surface area contributed by atoms with Crippen LogP contribution in [0, 0.1) is 0 Å². The van der Waals surface area contributed by atoms with Crippen molar-refractivity contribution in [1.29, 1.82) is 0 Å². The standard InChI is InChI=1S/C16H23N3O/c1-11(19(2)15-5-6-15)8-18-16(20)12-3-4-13-9-17-10-14(13)7-12/h3-4,7,11,15,17H,5-6,8-10H2,1-2H3,(H,18,20). The van der Waals surface area contributed by atoms with Gasteiger partial charge >= 0.3 is 0 Å². The van der Waals surface area contributed by atoms with E-state index in [1.807, 2.05) is 12.1 Å². The zero-order valence-corrected chi connectivity index (χ0v) is 12.3. The molecule has 0 saturated heterocycles. The van der Waals surface area contributed by atoms with Crippen LogP contribution in [0.15, 0.2) is 18.2 Å². The third-order valence-electron chi connectivity index (χ3n) is 4.48. The summed E-state index contributed by atoms with van der Waals surface area (Å²) < 4.78 is 0. The first kappa shape index (κ1) is 13.6. The van der Waals surface area contributed by atoms with Gasteiger partial charge in [0.05, 0.1) is 0 Å². The Morgan fingerprint density at radius 3 is 2.90 bits per heavy atom. The van der Waals surface area contributed by atoms with Crippen LogP contribution < -0.4 is 10.6 Å². The maximum Gasteiger partial charge on any atom is 0.251 e. The van der Waals surface area contributed by atoms with Crippen molar-refractivity contribution in [3.63, 3.8) is 0 Å². The fraction of sp³-hybridized carbons (Fsp3) is 0.562. The number of nitrogens with one attached hydrogen (secondary N) is 2. The van der Waals surface area contributed by atoms with E-state index in [1.54, 1.807) is 0 Å². The van der Waals surface area contributed by atoms with Gasteiger partial charge in [0.2, 0.25) is 0 Å². The molecule has 3 rings (SSSR count). The van der Waals surface area contributed by atoms with Crippen LogP contribution in [0.25, 0.3) is 0 Å². The van der Waals surface area contributed by atoms with Gasteiger partial charge in [-0.2, -0.15) is 0 Å². The Labute approximate surface area is 120 Å². The lowest BCUT2D eigenvalue weighted by atomic mass is 10.1. The lowest BCUT2D eigenvalue weighted by Crippen LogP contribution is -2.41. The number of hydrogen-bond acceptors (Lipinski definition) is 3. The van der Waals surface area contributed by atoms with Crippen LogP contribution in [0.4, 0.5) is 0 Å². The highest BCUT2D eigenvalue weighted by atomic mass is 16.1. The number of nitrogens with zero attached hydrogens (tertiary/aromatic N) is 1. The molecule has 4 nitrogen and oxygen atoms in total. The van der Waals surface area contributed by atoms with Crippen molar-refractivity contribution in [3.05, 3.63) is 34.9 Å². The zero-order chi connectivity index (χ0) is 14.1. The molecule has 1 aromatic rings. The number of fused-ring (bicyclic) bond motifs is 1. The number of likely N-dealkylation sites (N-methyl/N-ethyl adjacent to an activating group) is 1. The molecule has 0 aromatic heterocycles. The molecular weight excluding hydrogens is 250 g/mol. The molecule has 1 aromatic carbocycles. The van der Waals surface area contributed by atoms with Gasteiger partial charge < -0.3 is 10.6 Å². The highest BCUT2D eigenvalue weighted by Crippen LogP contribution is 2.26. The number of carbonyl (C=O) groups excluding carboxylic acids is 1. The first-order valence-electron chi connectivity index (χ1n) is 7.48. The predicted molar refractivity (Wildman–Crippen MR) is 79.6 cm³/mol. The minimum atomic E-state index is 0.0377. The van der Waals surface area contributed by atoms with Gasteiger partial charge in [-0.1, -0.05) is 6.07 Å². The highest BCUT2D eigenvalue weighted by Gasteiger charge is 2.29. The Balaban J connectivity index is 1.56. The normalized spacial score (nSPS) is 18.9. The lowest BCUT2D eigenvalue weighted by molar-refractivity contribution is 0.0939. The van der Waals surface area contributed by atoms with E-state index in [0.29, 0.717) is 12.6 Å². The van der Waals surface area contributed by atoms with Crippen molar-refractivity contribution in [2.24, 2.45) is 0 Å². The average Bonchev–Trinajstić information content (AvgIpc) is 3.20. The van der Waals surface area contributed by atoms with Crippen molar-refractivity contribution < 1.29 is 4.79 Å². The van der Waals surface area contributed by atoms with Crippen molar-refractivity contribution in [1.82, 2.24) is 15.5 Å². The summed E-state index contributed by atoms with van der Waals surface area (Å²) in [6, 6.07) is 7.12. The van der Waals surface area contributed by atoms with E-state index in [2.05, 4.69) is 35.6 Å². The summed E-state index contributed by atoms with van der Waals surface area (Å²) in [5.41, 5.74) is 3.33. The van der Waals surface area contributed by atoms with E-state index < -0.39 is 0 Å². The van der Waals surface area contributed by atoms with Gasteiger partial charge in [-0.25, -0.2) is 0 Å². The predicted octanol–water partition coefficient (Wildman–Crippen LogP) is 1.50. The van der Waals surface area contributed by atoms with Gasteiger partial charge in [-0.15, -0.1) is 0 Å². The first-order chi connectivity index (χ1) is 9.65. The molecule has 1 amide bonds. The Bertz CT molecular complexity index is 510.